The van der Waals surface area contributed by atoms with Crippen LogP contribution in [0.15, 0.2) is 24.4 Å². The topological polar surface area (TPSA) is 37.3 Å². The van der Waals surface area contributed by atoms with E-state index in [1.807, 2.05) is 0 Å². The number of nitrogens with zero attached hydrogens (tertiary/aromatic N) is 2. The smallest absolute Gasteiger partial charge is 0.224 e. The predicted molar refractivity (Wildman–Crippen MR) is 109 cm³/mol. The Bertz CT molecular complexity index is 864. The molecule has 1 saturated carbocycles. The van der Waals surface area contributed by atoms with Crippen molar-refractivity contribution in [2.24, 2.45) is 5.92 Å². The number of benzene rings is 1. The summed E-state index contributed by atoms with van der Waals surface area (Å²) in [4.78, 5) is 15.4. The number of piperidine rings is 1. The molecule has 3 aliphatic rings. The maximum atomic E-state index is 13.0. The fourth-order valence-electron chi connectivity index (χ4n) is 5.96. The van der Waals surface area contributed by atoms with Gasteiger partial charge in [-0.15, -0.1) is 0 Å². The summed E-state index contributed by atoms with van der Waals surface area (Å²) < 4.78 is 2.38. The van der Waals surface area contributed by atoms with Crippen LogP contribution in [0.2, 0.25) is 0 Å². The molecule has 1 aromatic carbocycles. The van der Waals surface area contributed by atoms with Gasteiger partial charge in [0.05, 0.1) is 5.92 Å². The number of fused-ring (bicyclic) bond motifs is 2. The van der Waals surface area contributed by atoms with Crippen LogP contribution in [0, 0.1) is 5.92 Å². The number of hydrogen-bond donors (Lipinski definition) is 1. The molecule has 144 valence electrons. The lowest BCUT2D eigenvalue weighted by atomic mass is 9.72. The standard InChI is InChI=1S/C23H31N3O/c1-3-26-14-15-12-21-19(18-9-6-10-20(26)22(15)18)11-16(13-25(21)2)23(27)24-17-7-4-5-8-17/h6,9-10,14,16-17,19,21H,3-5,7-8,11-13H2,1-2H3,(H,24,27)/t16-,19-,21-/m1/s1. The van der Waals surface area contributed by atoms with Gasteiger partial charge in [0.1, 0.15) is 0 Å². The summed E-state index contributed by atoms with van der Waals surface area (Å²) in [5, 5.41) is 4.82. The zero-order valence-electron chi connectivity index (χ0n) is 16.6. The molecule has 5 rings (SSSR count). The third-order valence-electron chi connectivity index (χ3n) is 7.34. The summed E-state index contributed by atoms with van der Waals surface area (Å²) in [7, 11) is 2.22. The van der Waals surface area contributed by atoms with Crippen molar-refractivity contribution in [3.05, 3.63) is 35.5 Å². The Morgan fingerprint density at radius 1 is 1.26 bits per heavy atom. The average molecular weight is 366 g/mol. The molecule has 2 aliphatic carbocycles. The molecule has 2 fully saturated rings. The highest BCUT2D eigenvalue weighted by atomic mass is 16.2. The van der Waals surface area contributed by atoms with Gasteiger partial charge in [0.2, 0.25) is 5.91 Å². The third kappa shape index (κ3) is 2.80. The molecule has 2 aromatic rings. The Balaban J connectivity index is 1.45. The Kier molecular flexibility index (Phi) is 4.27. The Morgan fingerprint density at radius 2 is 2.07 bits per heavy atom. The van der Waals surface area contributed by atoms with E-state index in [2.05, 4.69) is 53.2 Å². The van der Waals surface area contributed by atoms with Gasteiger partial charge >= 0.3 is 0 Å². The van der Waals surface area contributed by atoms with Crippen molar-refractivity contribution in [1.82, 2.24) is 14.8 Å². The summed E-state index contributed by atoms with van der Waals surface area (Å²) >= 11 is 0. The Hall–Kier alpha value is -1.81. The van der Waals surface area contributed by atoms with E-state index in [-0.39, 0.29) is 11.8 Å². The lowest BCUT2D eigenvalue weighted by Gasteiger charge is -2.45. The number of aromatic nitrogens is 1. The quantitative estimate of drug-likeness (QED) is 0.901. The van der Waals surface area contributed by atoms with E-state index in [0.717, 1.165) is 38.8 Å². The van der Waals surface area contributed by atoms with Gasteiger partial charge in [-0.25, -0.2) is 0 Å². The molecule has 4 heteroatoms. The summed E-state index contributed by atoms with van der Waals surface area (Å²) in [6, 6.07) is 7.71. The second kappa shape index (κ2) is 6.66. The van der Waals surface area contributed by atoms with Gasteiger partial charge in [0, 0.05) is 48.2 Å². The maximum Gasteiger partial charge on any atom is 0.224 e. The van der Waals surface area contributed by atoms with Crippen molar-refractivity contribution in [3.8, 4) is 0 Å². The number of carbonyl (C=O) groups is 1. The highest BCUT2D eigenvalue weighted by Gasteiger charge is 2.41. The second-order valence-corrected chi connectivity index (χ2v) is 8.92. The Morgan fingerprint density at radius 3 is 2.85 bits per heavy atom. The monoisotopic (exact) mass is 365 g/mol. The molecule has 1 aromatic heterocycles. The van der Waals surface area contributed by atoms with Crippen LogP contribution in [0.5, 0.6) is 0 Å². The molecule has 1 saturated heterocycles. The number of amides is 1. The van der Waals surface area contributed by atoms with Crippen LogP contribution in [-0.2, 0) is 17.8 Å². The van der Waals surface area contributed by atoms with Crippen molar-refractivity contribution in [2.75, 3.05) is 13.6 Å². The molecule has 1 N–H and O–H groups in total. The van der Waals surface area contributed by atoms with E-state index < -0.39 is 0 Å². The number of rotatable bonds is 3. The van der Waals surface area contributed by atoms with E-state index in [4.69, 9.17) is 0 Å². The molecule has 0 spiro atoms. The number of carbonyl (C=O) groups excluding carboxylic acids is 1. The van der Waals surface area contributed by atoms with Crippen LogP contribution in [0.4, 0.5) is 0 Å². The first-order chi connectivity index (χ1) is 13.2. The molecular weight excluding hydrogens is 334 g/mol. The van der Waals surface area contributed by atoms with E-state index in [9.17, 15) is 4.79 Å². The van der Waals surface area contributed by atoms with Gasteiger partial charge in [0.15, 0.2) is 0 Å². The predicted octanol–water partition coefficient (Wildman–Crippen LogP) is 3.68. The molecule has 1 amide bonds. The van der Waals surface area contributed by atoms with Gasteiger partial charge in [-0.2, -0.15) is 0 Å². The highest BCUT2D eigenvalue weighted by Crippen LogP contribution is 2.45. The van der Waals surface area contributed by atoms with Crippen LogP contribution in [0.25, 0.3) is 10.9 Å². The fraction of sp³-hybridized carbons (Fsp3) is 0.609. The zero-order chi connectivity index (χ0) is 18.5. The maximum absolute atomic E-state index is 13.0. The van der Waals surface area contributed by atoms with Crippen LogP contribution >= 0.6 is 0 Å². The molecular formula is C23H31N3O. The van der Waals surface area contributed by atoms with Crippen molar-refractivity contribution in [1.29, 1.82) is 0 Å². The number of aryl methyl sites for hydroxylation is 1. The Labute approximate surface area is 161 Å². The zero-order valence-corrected chi connectivity index (χ0v) is 16.6. The first-order valence-corrected chi connectivity index (χ1v) is 10.8. The largest absolute Gasteiger partial charge is 0.353 e. The van der Waals surface area contributed by atoms with E-state index in [1.165, 1.54) is 34.9 Å². The molecule has 2 heterocycles. The van der Waals surface area contributed by atoms with E-state index in [0.29, 0.717) is 18.0 Å². The van der Waals surface area contributed by atoms with Gasteiger partial charge < -0.3 is 14.8 Å². The molecule has 0 radical (unpaired) electrons. The summed E-state index contributed by atoms with van der Waals surface area (Å²) in [6.07, 6.45) is 9.30. The average Bonchev–Trinajstić information content (AvgIpc) is 3.31. The van der Waals surface area contributed by atoms with E-state index in [1.54, 1.807) is 0 Å². The normalized spacial score (nSPS) is 28.4. The molecule has 4 nitrogen and oxygen atoms in total. The fourth-order valence-corrected chi connectivity index (χ4v) is 5.96. The lowest BCUT2D eigenvalue weighted by molar-refractivity contribution is -0.128. The van der Waals surface area contributed by atoms with Crippen molar-refractivity contribution in [3.63, 3.8) is 0 Å². The van der Waals surface area contributed by atoms with Gasteiger partial charge in [0.25, 0.3) is 0 Å². The molecule has 3 atom stereocenters. The van der Waals surface area contributed by atoms with E-state index >= 15 is 0 Å². The summed E-state index contributed by atoms with van der Waals surface area (Å²) in [5.41, 5.74) is 4.32. The minimum absolute atomic E-state index is 0.113. The molecule has 1 aliphatic heterocycles. The first-order valence-electron chi connectivity index (χ1n) is 10.8. The highest BCUT2D eigenvalue weighted by molar-refractivity contribution is 5.89. The van der Waals surface area contributed by atoms with Crippen molar-refractivity contribution < 1.29 is 4.79 Å². The van der Waals surface area contributed by atoms with Crippen LogP contribution in [-0.4, -0.2) is 41.1 Å². The van der Waals surface area contributed by atoms with Crippen molar-refractivity contribution in [2.45, 2.75) is 70.0 Å². The number of nitrogens with one attached hydrogen (secondary N) is 1. The lowest BCUT2D eigenvalue weighted by Crippen LogP contribution is -2.52. The number of likely N-dealkylation sites (tertiary alicyclic amines) is 1. The third-order valence-corrected chi connectivity index (χ3v) is 7.34. The summed E-state index contributed by atoms with van der Waals surface area (Å²) in [6.45, 7) is 4.12. The first kappa shape index (κ1) is 17.3. The minimum Gasteiger partial charge on any atom is -0.353 e. The second-order valence-electron chi connectivity index (χ2n) is 8.92. The molecule has 0 unspecified atom stereocenters. The van der Waals surface area contributed by atoms with Crippen LogP contribution in [0.3, 0.4) is 0 Å². The SMILES string of the molecule is CCn1cc2c3c(cccc31)[C@H]1C[C@@H](C(=O)NC3CCCC3)CN(C)[C@@H]1C2. The number of hydrogen-bond acceptors (Lipinski definition) is 2. The van der Waals surface area contributed by atoms with Crippen LogP contribution < -0.4 is 5.32 Å². The van der Waals surface area contributed by atoms with Gasteiger partial charge in [-0.3, -0.25) is 4.79 Å². The van der Waals surface area contributed by atoms with Gasteiger partial charge in [-0.1, -0.05) is 25.0 Å². The molecule has 27 heavy (non-hydrogen) atoms. The molecule has 0 bridgehead atoms. The van der Waals surface area contributed by atoms with Gasteiger partial charge in [-0.05, 0) is 56.8 Å². The summed E-state index contributed by atoms with van der Waals surface area (Å²) in [5.74, 6) is 0.866. The van der Waals surface area contributed by atoms with Crippen LogP contribution in [0.1, 0.15) is 56.1 Å². The number of likely N-dealkylation sites (N-methyl/N-ethyl adjacent to an activating group) is 1. The van der Waals surface area contributed by atoms with Crippen molar-refractivity contribution >= 4 is 16.8 Å². The minimum atomic E-state index is 0.113.